The molecule has 1 aliphatic rings. The van der Waals surface area contributed by atoms with Crippen molar-refractivity contribution in [3.05, 3.63) is 53.3 Å². The summed E-state index contributed by atoms with van der Waals surface area (Å²) in [6, 6.07) is 4.22. The molecule has 0 spiro atoms. The monoisotopic (exact) mass is 309 g/mol. The second kappa shape index (κ2) is 5.62. The predicted molar refractivity (Wildman–Crippen MR) is 85.5 cm³/mol. The van der Waals surface area contributed by atoms with Gasteiger partial charge in [0, 0.05) is 31.4 Å². The van der Waals surface area contributed by atoms with Crippen LogP contribution in [-0.4, -0.2) is 31.2 Å². The van der Waals surface area contributed by atoms with Gasteiger partial charge in [0.25, 0.3) is 0 Å². The maximum Gasteiger partial charge on any atom is 0.247 e. The lowest BCUT2D eigenvalue weighted by Gasteiger charge is -2.27. The average Bonchev–Trinajstić information content (AvgIpc) is 3.18. The highest BCUT2D eigenvalue weighted by molar-refractivity contribution is 5.54. The number of pyridine rings is 1. The molecule has 0 aliphatic carbocycles. The molecule has 4 rings (SSSR count). The van der Waals surface area contributed by atoms with Crippen LogP contribution in [0.3, 0.4) is 0 Å². The van der Waals surface area contributed by atoms with Crippen molar-refractivity contribution in [1.82, 2.24) is 24.6 Å². The third kappa shape index (κ3) is 2.66. The predicted octanol–water partition coefficient (Wildman–Crippen LogP) is 2.57. The standard InChI is InChI=1S/C17H19N5O/c1-12-3-4-14(19-9-12)10-21-6-7-22-15(11-21)13(2)16(20-22)17-18-5-8-23-17/h3-5,8-9H,6-7,10-11H2,1-2H3. The summed E-state index contributed by atoms with van der Waals surface area (Å²) in [5.74, 6) is 0.594. The molecule has 0 bridgehead atoms. The molecule has 6 heteroatoms. The van der Waals surface area contributed by atoms with Crippen LogP contribution in [-0.2, 0) is 19.6 Å². The van der Waals surface area contributed by atoms with Gasteiger partial charge < -0.3 is 4.42 Å². The second-order valence-electron chi connectivity index (χ2n) is 6.02. The lowest BCUT2D eigenvalue weighted by Crippen LogP contribution is -2.34. The maximum atomic E-state index is 5.40. The van der Waals surface area contributed by atoms with Crippen LogP contribution in [0.1, 0.15) is 22.5 Å². The summed E-state index contributed by atoms with van der Waals surface area (Å²) in [5.41, 5.74) is 5.52. The normalized spacial score (nSPS) is 14.9. The Morgan fingerprint density at radius 2 is 2.09 bits per heavy atom. The van der Waals surface area contributed by atoms with E-state index in [2.05, 4.69) is 50.6 Å². The number of hydrogen-bond donors (Lipinski definition) is 0. The summed E-state index contributed by atoms with van der Waals surface area (Å²) < 4.78 is 7.48. The first-order chi connectivity index (χ1) is 11.2. The van der Waals surface area contributed by atoms with Crippen molar-refractivity contribution in [1.29, 1.82) is 0 Å². The van der Waals surface area contributed by atoms with Gasteiger partial charge in [0.1, 0.15) is 6.26 Å². The smallest absolute Gasteiger partial charge is 0.247 e. The Bertz CT molecular complexity index is 804. The van der Waals surface area contributed by atoms with Crippen LogP contribution < -0.4 is 0 Å². The van der Waals surface area contributed by atoms with Crippen molar-refractivity contribution < 1.29 is 4.42 Å². The largest absolute Gasteiger partial charge is 0.443 e. The SMILES string of the molecule is Cc1ccc(CN2CCn3nc(-c4ncco4)c(C)c3C2)nc1. The molecule has 3 aromatic heterocycles. The molecule has 0 radical (unpaired) electrons. The number of hydrogen-bond acceptors (Lipinski definition) is 5. The Morgan fingerprint density at radius 1 is 1.17 bits per heavy atom. The van der Waals surface area contributed by atoms with E-state index < -0.39 is 0 Å². The van der Waals surface area contributed by atoms with Crippen molar-refractivity contribution in [3.63, 3.8) is 0 Å². The molecule has 0 saturated carbocycles. The molecule has 3 aromatic rings. The van der Waals surface area contributed by atoms with Crippen LogP contribution in [0.4, 0.5) is 0 Å². The zero-order chi connectivity index (χ0) is 15.8. The third-order valence-electron chi connectivity index (χ3n) is 4.31. The summed E-state index contributed by atoms with van der Waals surface area (Å²) in [4.78, 5) is 11.1. The highest BCUT2D eigenvalue weighted by Gasteiger charge is 2.24. The Labute approximate surface area is 134 Å². The summed E-state index contributed by atoms with van der Waals surface area (Å²) in [6.07, 6.45) is 5.17. The zero-order valence-electron chi connectivity index (χ0n) is 13.4. The van der Waals surface area contributed by atoms with Crippen molar-refractivity contribution >= 4 is 0 Å². The van der Waals surface area contributed by atoms with Gasteiger partial charge >= 0.3 is 0 Å². The molecule has 23 heavy (non-hydrogen) atoms. The highest BCUT2D eigenvalue weighted by atomic mass is 16.3. The lowest BCUT2D eigenvalue weighted by atomic mass is 10.1. The summed E-state index contributed by atoms with van der Waals surface area (Å²) in [6.45, 7) is 7.72. The minimum absolute atomic E-state index is 0.594. The Kier molecular flexibility index (Phi) is 3.46. The molecule has 118 valence electrons. The van der Waals surface area contributed by atoms with E-state index in [1.807, 2.05) is 6.20 Å². The summed E-state index contributed by atoms with van der Waals surface area (Å²) in [5, 5.41) is 4.66. The van der Waals surface area contributed by atoms with E-state index in [-0.39, 0.29) is 0 Å². The van der Waals surface area contributed by atoms with Crippen LogP contribution in [0.2, 0.25) is 0 Å². The van der Waals surface area contributed by atoms with Crippen LogP contribution >= 0.6 is 0 Å². The molecule has 0 fully saturated rings. The van der Waals surface area contributed by atoms with Crippen molar-refractivity contribution in [2.24, 2.45) is 0 Å². The fourth-order valence-corrected chi connectivity index (χ4v) is 3.00. The topological polar surface area (TPSA) is 60.0 Å². The van der Waals surface area contributed by atoms with Crippen LogP contribution in [0.5, 0.6) is 0 Å². The van der Waals surface area contributed by atoms with Gasteiger partial charge in [-0.05, 0) is 25.5 Å². The van der Waals surface area contributed by atoms with Crippen LogP contribution in [0, 0.1) is 13.8 Å². The number of rotatable bonds is 3. The first-order valence-corrected chi connectivity index (χ1v) is 7.81. The minimum atomic E-state index is 0.594. The molecule has 0 atom stereocenters. The molecule has 4 heterocycles. The number of nitrogens with zero attached hydrogens (tertiary/aromatic N) is 5. The van der Waals surface area contributed by atoms with E-state index >= 15 is 0 Å². The molecular formula is C17H19N5O. The first kappa shape index (κ1) is 14.1. The summed E-state index contributed by atoms with van der Waals surface area (Å²) >= 11 is 0. The zero-order valence-corrected chi connectivity index (χ0v) is 13.4. The van der Waals surface area contributed by atoms with Gasteiger partial charge in [0.15, 0.2) is 5.69 Å². The van der Waals surface area contributed by atoms with Gasteiger partial charge in [0.05, 0.1) is 24.1 Å². The molecule has 0 aromatic carbocycles. The van der Waals surface area contributed by atoms with Gasteiger partial charge in [-0.3, -0.25) is 14.6 Å². The molecular weight excluding hydrogens is 290 g/mol. The number of fused-ring (bicyclic) bond motifs is 1. The fraction of sp³-hybridized carbons (Fsp3) is 0.353. The van der Waals surface area contributed by atoms with Gasteiger partial charge in [-0.15, -0.1) is 0 Å². The average molecular weight is 309 g/mol. The van der Waals surface area contributed by atoms with E-state index in [0.29, 0.717) is 5.89 Å². The Hall–Kier alpha value is -2.47. The minimum Gasteiger partial charge on any atom is -0.443 e. The fourth-order valence-electron chi connectivity index (χ4n) is 3.00. The number of aryl methyl sites for hydroxylation is 1. The Balaban J connectivity index is 1.56. The van der Waals surface area contributed by atoms with Crippen LogP contribution in [0.15, 0.2) is 35.2 Å². The third-order valence-corrected chi connectivity index (χ3v) is 4.31. The van der Waals surface area contributed by atoms with Crippen molar-refractivity contribution in [3.8, 4) is 11.6 Å². The van der Waals surface area contributed by atoms with E-state index in [9.17, 15) is 0 Å². The van der Waals surface area contributed by atoms with E-state index in [0.717, 1.165) is 43.1 Å². The molecule has 0 amide bonds. The highest BCUT2D eigenvalue weighted by Crippen LogP contribution is 2.26. The van der Waals surface area contributed by atoms with Gasteiger partial charge in [-0.1, -0.05) is 6.07 Å². The van der Waals surface area contributed by atoms with Gasteiger partial charge in [0.2, 0.25) is 5.89 Å². The van der Waals surface area contributed by atoms with E-state index in [1.54, 1.807) is 12.5 Å². The number of oxazole rings is 1. The lowest BCUT2D eigenvalue weighted by molar-refractivity contribution is 0.202. The quantitative estimate of drug-likeness (QED) is 0.744. The molecule has 0 saturated heterocycles. The molecule has 0 N–H and O–H groups in total. The summed E-state index contributed by atoms with van der Waals surface area (Å²) in [7, 11) is 0. The second-order valence-corrected chi connectivity index (χ2v) is 6.02. The van der Waals surface area contributed by atoms with E-state index in [4.69, 9.17) is 4.42 Å². The Morgan fingerprint density at radius 3 is 2.83 bits per heavy atom. The van der Waals surface area contributed by atoms with Crippen molar-refractivity contribution in [2.45, 2.75) is 33.5 Å². The van der Waals surface area contributed by atoms with Gasteiger partial charge in [-0.25, -0.2) is 4.98 Å². The van der Waals surface area contributed by atoms with E-state index in [1.165, 1.54) is 11.3 Å². The van der Waals surface area contributed by atoms with Crippen LogP contribution in [0.25, 0.3) is 11.6 Å². The molecule has 0 unspecified atom stereocenters. The first-order valence-electron chi connectivity index (χ1n) is 7.81. The maximum absolute atomic E-state index is 5.40. The van der Waals surface area contributed by atoms with Crippen molar-refractivity contribution in [2.75, 3.05) is 6.54 Å². The molecule has 1 aliphatic heterocycles. The number of aromatic nitrogens is 4. The molecule has 6 nitrogen and oxygen atoms in total. The van der Waals surface area contributed by atoms with Gasteiger partial charge in [-0.2, -0.15) is 5.10 Å².